The number of likely N-dealkylation sites (tertiary alicyclic amines) is 1. The molecule has 1 aliphatic carbocycles. The molecule has 3 atom stereocenters. The van der Waals surface area contributed by atoms with Gasteiger partial charge in [-0.25, -0.2) is 4.79 Å². The number of carbonyl (C=O) groups excluding carboxylic acids is 4. The van der Waals surface area contributed by atoms with Crippen molar-refractivity contribution in [2.75, 3.05) is 26.3 Å². The van der Waals surface area contributed by atoms with E-state index in [1.54, 1.807) is 26.2 Å². The number of amides is 3. The average Bonchev–Trinajstić information content (AvgIpc) is 3.08. The molecular formula is C35H40N4O7. The Kier molecular flexibility index (Phi) is 10.0. The predicted molar refractivity (Wildman–Crippen MR) is 170 cm³/mol. The van der Waals surface area contributed by atoms with E-state index < -0.39 is 41.8 Å². The quantitative estimate of drug-likeness (QED) is 0.307. The van der Waals surface area contributed by atoms with E-state index in [0.29, 0.717) is 44.3 Å². The van der Waals surface area contributed by atoms with Crippen LogP contribution in [0.25, 0.3) is 0 Å². The number of aromatic nitrogens is 1. The van der Waals surface area contributed by atoms with Crippen LogP contribution in [0, 0.1) is 0 Å². The molecule has 1 saturated heterocycles. The number of ether oxygens (including phenoxy) is 1. The highest BCUT2D eigenvalue weighted by molar-refractivity contribution is 5.97. The molecule has 0 unspecified atom stereocenters. The summed E-state index contributed by atoms with van der Waals surface area (Å²) in [5.41, 5.74) is 0.647. The molecule has 1 aromatic heterocycles. The molecule has 3 amide bonds. The molecule has 0 bridgehead atoms. The molecule has 3 N–H and O–H groups in total. The monoisotopic (exact) mass is 628 g/mol. The number of aliphatic hydroxyl groups is 1. The summed E-state index contributed by atoms with van der Waals surface area (Å²) in [6.45, 7) is 2.03. The number of nitrogens with one attached hydrogen (secondary N) is 2. The van der Waals surface area contributed by atoms with Crippen molar-refractivity contribution in [2.24, 2.45) is 7.05 Å². The zero-order valence-corrected chi connectivity index (χ0v) is 26.1. The fraction of sp³-hybridized carbons (Fsp3) is 0.400. The second kappa shape index (κ2) is 14.1. The molecule has 0 radical (unpaired) electrons. The zero-order valence-electron chi connectivity index (χ0n) is 26.1. The molecule has 242 valence electrons. The molecule has 46 heavy (non-hydrogen) atoms. The first-order valence-electron chi connectivity index (χ1n) is 15.7. The van der Waals surface area contributed by atoms with Crippen LogP contribution < -0.4 is 16.2 Å². The summed E-state index contributed by atoms with van der Waals surface area (Å²) in [5.74, 6) is -2.12. The lowest BCUT2D eigenvalue weighted by atomic mass is 9.62. The molecule has 0 saturated carbocycles. The van der Waals surface area contributed by atoms with Gasteiger partial charge in [0.05, 0.1) is 24.5 Å². The van der Waals surface area contributed by atoms with Gasteiger partial charge in [0.1, 0.15) is 5.56 Å². The maximum absolute atomic E-state index is 14.2. The van der Waals surface area contributed by atoms with Crippen LogP contribution >= 0.6 is 0 Å². The van der Waals surface area contributed by atoms with Crippen LogP contribution in [-0.4, -0.2) is 76.7 Å². The molecule has 5 rings (SSSR count). The fourth-order valence-corrected chi connectivity index (χ4v) is 6.69. The van der Waals surface area contributed by atoms with Crippen molar-refractivity contribution < 1.29 is 29.0 Å². The summed E-state index contributed by atoms with van der Waals surface area (Å²) in [5, 5.41) is 15.6. The highest BCUT2D eigenvalue weighted by Crippen LogP contribution is 2.48. The highest BCUT2D eigenvalue weighted by atomic mass is 16.5. The van der Waals surface area contributed by atoms with Gasteiger partial charge in [-0.15, -0.1) is 0 Å². The second-order valence-corrected chi connectivity index (χ2v) is 11.8. The number of aryl methyl sites for hydroxylation is 1. The Hall–Kier alpha value is -4.77. The number of benzene rings is 2. The number of hydrogen-bond acceptors (Lipinski definition) is 7. The topological polar surface area (TPSA) is 147 Å². The van der Waals surface area contributed by atoms with Crippen molar-refractivity contribution >= 4 is 23.7 Å². The number of piperidine rings is 1. The molecule has 2 aliphatic rings. The third kappa shape index (κ3) is 6.32. The first-order chi connectivity index (χ1) is 22.2. The zero-order chi connectivity index (χ0) is 32.8. The van der Waals surface area contributed by atoms with Crippen molar-refractivity contribution in [2.45, 2.75) is 56.0 Å². The first-order valence-corrected chi connectivity index (χ1v) is 15.7. The van der Waals surface area contributed by atoms with E-state index in [-0.39, 0.29) is 29.7 Å². The second-order valence-electron chi connectivity index (χ2n) is 11.8. The maximum Gasteiger partial charge on any atom is 0.331 e. The Labute approximate surface area is 267 Å². The van der Waals surface area contributed by atoms with E-state index in [9.17, 15) is 29.1 Å². The summed E-state index contributed by atoms with van der Waals surface area (Å²) in [4.78, 5) is 67.7. The van der Waals surface area contributed by atoms with E-state index in [0.717, 1.165) is 11.1 Å². The van der Waals surface area contributed by atoms with Crippen LogP contribution in [0.2, 0.25) is 0 Å². The number of rotatable bonds is 9. The SMILES string of the molecule is CCOC(=O)[C@H](CO)NC(=O)[C@@]1(c2ccccc2)CC[C@H](C(=O)N2CCC(NC(=O)c3cccn(C)c3=O)CC2)c2ccccc21. The Morgan fingerprint density at radius 3 is 2.37 bits per heavy atom. The number of esters is 1. The van der Waals surface area contributed by atoms with E-state index >= 15 is 0 Å². The molecule has 1 aliphatic heterocycles. The minimum absolute atomic E-state index is 0.0454. The van der Waals surface area contributed by atoms with Crippen LogP contribution in [0.4, 0.5) is 0 Å². The Morgan fingerprint density at radius 2 is 1.67 bits per heavy atom. The lowest BCUT2D eigenvalue weighted by Gasteiger charge is -2.43. The highest BCUT2D eigenvalue weighted by Gasteiger charge is 2.49. The van der Waals surface area contributed by atoms with Crippen LogP contribution in [0.5, 0.6) is 0 Å². The summed E-state index contributed by atoms with van der Waals surface area (Å²) < 4.78 is 6.43. The normalized spacial score (nSPS) is 20.2. The van der Waals surface area contributed by atoms with E-state index in [2.05, 4.69) is 10.6 Å². The van der Waals surface area contributed by atoms with Gasteiger partial charge in [0.2, 0.25) is 11.8 Å². The third-order valence-corrected chi connectivity index (χ3v) is 9.13. The van der Waals surface area contributed by atoms with Gasteiger partial charge >= 0.3 is 5.97 Å². The molecule has 2 heterocycles. The van der Waals surface area contributed by atoms with Crippen molar-refractivity contribution in [1.82, 2.24) is 20.1 Å². The van der Waals surface area contributed by atoms with Gasteiger partial charge in [0.25, 0.3) is 11.5 Å². The molecule has 1 fully saturated rings. The third-order valence-electron chi connectivity index (χ3n) is 9.13. The summed E-state index contributed by atoms with van der Waals surface area (Å²) in [7, 11) is 1.60. The van der Waals surface area contributed by atoms with Gasteiger partial charge < -0.3 is 29.9 Å². The van der Waals surface area contributed by atoms with Crippen LogP contribution in [0.15, 0.2) is 77.7 Å². The van der Waals surface area contributed by atoms with Crippen LogP contribution in [-0.2, 0) is 31.6 Å². The largest absolute Gasteiger partial charge is 0.464 e. The van der Waals surface area contributed by atoms with Gasteiger partial charge in [-0.05, 0) is 61.4 Å². The van der Waals surface area contributed by atoms with E-state index in [1.807, 2.05) is 59.5 Å². The van der Waals surface area contributed by atoms with Crippen LogP contribution in [0.3, 0.4) is 0 Å². The summed E-state index contributed by atoms with van der Waals surface area (Å²) in [6, 6.07) is 18.4. The number of nitrogens with zero attached hydrogens (tertiary/aromatic N) is 2. The first kappa shape index (κ1) is 32.6. The smallest absolute Gasteiger partial charge is 0.331 e. The van der Waals surface area contributed by atoms with Crippen LogP contribution in [0.1, 0.15) is 65.6 Å². The number of pyridine rings is 1. The predicted octanol–water partition coefficient (Wildman–Crippen LogP) is 2.01. The molecule has 11 nitrogen and oxygen atoms in total. The number of carbonyl (C=O) groups is 4. The Balaban J connectivity index is 1.36. The van der Waals surface area contributed by atoms with Crippen molar-refractivity contribution in [3.63, 3.8) is 0 Å². The summed E-state index contributed by atoms with van der Waals surface area (Å²) >= 11 is 0. The average molecular weight is 629 g/mol. The van der Waals surface area contributed by atoms with E-state index in [4.69, 9.17) is 4.74 Å². The lowest BCUT2D eigenvalue weighted by molar-refractivity contribution is -0.149. The standard InChI is InChI=1S/C35H40N4O7/c1-3-46-33(44)29(22-40)37-34(45)35(23-10-5-4-6-11-23)18-15-26(25-12-7-8-14-28(25)35)32(43)39-20-16-24(17-21-39)36-30(41)27-13-9-19-38(2)31(27)42/h4-14,19,24,26,29,40H,3,15-18,20-22H2,1-2H3,(H,36,41)(H,37,45)/t26-,29-,35+/m0/s1. The van der Waals surface area contributed by atoms with Crippen molar-refractivity contribution in [3.05, 3.63) is 106 Å². The lowest BCUT2D eigenvalue weighted by Crippen LogP contribution is -2.55. The number of fused-ring (bicyclic) bond motifs is 1. The van der Waals surface area contributed by atoms with Crippen molar-refractivity contribution in [1.29, 1.82) is 0 Å². The molecular weight excluding hydrogens is 588 g/mol. The fourth-order valence-electron chi connectivity index (χ4n) is 6.69. The van der Waals surface area contributed by atoms with E-state index in [1.165, 1.54) is 10.6 Å². The molecule has 0 spiro atoms. The van der Waals surface area contributed by atoms with Gasteiger partial charge in [0, 0.05) is 32.4 Å². The molecule has 11 heteroatoms. The minimum Gasteiger partial charge on any atom is -0.464 e. The van der Waals surface area contributed by atoms with Gasteiger partial charge in [-0.2, -0.15) is 0 Å². The molecule has 3 aromatic rings. The van der Waals surface area contributed by atoms with Gasteiger partial charge in [0.15, 0.2) is 6.04 Å². The van der Waals surface area contributed by atoms with Gasteiger partial charge in [-0.1, -0.05) is 54.6 Å². The Bertz CT molecular complexity index is 1650. The van der Waals surface area contributed by atoms with Gasteiger partial charge in [-0.3, -0.25) is 19.2 Å². The minimum atomic E-state index is -1.23. The molecule has 2 aromatic carbocycles. The Morgan fingerprint density at radius 1 is 0.978 bits per heavy atom. The maximum atomic E-state index is 14.2. The number of hydrogen-bond donors (Lipinski definition) is 3. The number of aliphatic hydroxyl groups excluding tert-OH is 1. The van der Waals surface area contributed by atoms with Crippen molar-refractivity contribution in [3.8, 4) is 0 Å². The summed E-state index contributed by atoms with van der Waals surface area (Å²) in [6.07, 6.45) is 3.38.